The molecule has 0 aliphatic carbocycles. The van der Waals surface area contributed by atoms with E-state index in [0.717, 1.165) is 12.1 Å². The van der Waals surface area contributed by atoms with Gasteiger partial charge in [-0.2, -0.15) is 21.3 Å². The Bertz CT molecular complexity index is 820. The predicted octanol–water partition coefficient (Wildman–Crippen LogP) is 1.48. The van der Waals surface area contributed by atoms with Crippen molar-refractivity contribution in [1.82, 2.24) is 12.9 Å². The van der Waals surface area contributed by atoms with Crippen LogP contribution in [0.4, 0.5) is 4.39 Å². The van der Waals surface area contributed by atoms with E-state index in [-0.39, 0.29) is 35.5 Å². The fourth-order valence-electron chi connectivity index (χ4n) is 2.68. The predicted molar refractivity (Wildman–Crippen MR) is 96.3 cm³/mol. The first-order chi connectivity index (χ1) is 11.6. The lowest BCUT2D eigenvalue weighted by atomic mass is 10.3. The van der Waals surface area contributed by atoms with Crippen molar-refractivity contribution in [2.45, 2.75) is 18.7 Å². The van der Waals surface area contributed by atoms with Gasteiger partial charge in [0.05, 0.1) is 4.90 Å². The lowest BCUT2D eigenvalue weighted by Crippen LogP contribution is -2.54. The molecular formula is C14H21BrFN3O4S2. The topological polar surface area (TPSA) is 78.0 Å². The van der Waals surface area contributed by atoms with E-state index in [9.17, 15) is 21.2 Å². The molecule has 0 saturated carbocycles. The average molecular weight is 458 g/mol. The van der Waals surface area contributed by atoms with Crippen molar-refractivity contribution in [3.8, 4) is 0 Å². The van der Waals surface area contributed by atoms with Crippen molar-refractivity contribution in [2.24, 2.45) is 0 Å². The molecule has 25 heavy (non-hydrogen) atoms. The van der Waals surface area contributed by atoms with Gasteiger partial charge < -0.3 is 0 Å². The summed E-state index contributed by atoms with van der Waals surface area (Å²) in [5.74, 6) is -0.541. The molecular weight excluding hydrogens is 437 g/mol. The highest BCUT2D eigenvalue weighted by atomic mass is 79.9. The highest BCUT2D eigenvalue weighted by molar-refractivity contribution is 9.10. The molecule has 1 aromatic rings. The van der Waals surface area contributed by atoms with Gasteiger partial charge in [0.15, 0.2) is 0 Å². The summed E-state index contributed by atoms with van der Waals surface area (Å²) in [6.07, 6.45) is 0. The molecule has 1 fully saturated rings. The first kappa shape index (κ1) is 20.7. The molecule has 1 heterocycles. The van der Waals surface area contributed by atoms with Gasteiger partial charge in [0.25, 0.3) is 10.2 Å². The Morgan fingerprint density at radius 2 is 1.56 bits per heavy atom. The summed E-state index contributed by atoms with van der Waals surface area (Å²) >= 11 is 3.07. The standard InChI is InChI=1S/C14H21BrFN3O4S2/c1-3-17(4-2)25(22,23)19-9-7-18(8-10-19)24(20,21)14-6-5-12(16)11-13(14)15/h5-6,11H,3-4,7-10H2,1-2H3. The van der Waals surface area contributed by atoms with Gasteiger partial charge >= 0.3 is 0 Å². The number of hydrogen-bond donors (Lipinski definition) is 0. The van der Waals surface area contributed by atoms with Gasteiger partial charge in [0.2, 0.25) is 10.0 Å². The molecule has 11 heteroatoms. The fraction of sp³-hybridized carbons (Fsp3) is 0.571. The van der Waals surface area contributed by atoms with Crippen molar-refractivity contribution < 1.29 is 21.2 Å². The van der Waals surface area contributed by atoms with Gasteiger partial charge in [-0.1, -0.05) is 13.8 Å². The first-order valence-electron chi connectivity index (χ1n) is 7.85. The van der Waals surface area contributed by atoms with Crippen LogP contribution >= 0.6 is 15.9 Å². The third kappa shape index (κ3) is 4.22. The number of piperazine rings is 1. The lowest BCUT2D eigenvalue weighted by molar-refractivity contribution is 0.256. The average Bonchev–Trinajstić information content (AvgIpc) is 2.55. The molecule has 0 radical (unpaired) electrons. The normalized spacial score (nSPS) is 18.0. The summed E-state index contributed by atoms with van der Waals surface area (Å²) in [6.45, 7) is 4.49. The van der Waals surface area contributed by atoms with Crippen molar-refractivity contribution in [2.75, 3.05) is 39.3 Å². The SMILES string of the molecule is CCN(CC)S(=O)(=O)N1CCN(S(=O)(=O)c2ccc(F)cc2Br)CC1. The summed E-state index contributed by atoms with van der Waals surface area (Å²) in [4.78, 5) is -0.0334. The third-order valence-corrected chi connectivity index (χ3v) is 9.13. The van der Waals surface area contributed by atoms with E-state index in [2.05, 4.69) is 15.9 Å². The van der Waals surface area contributed by atoms with E-state index in [4.69, 9.17) is 0 Å². The summed E-state index contributed by atoms with van der Waals surface area (Å²) in [5.41, 5.74) is 0. The molecule has 0 aromatic heterocycles. The molecule has 1 aromatic carbocycles. The molecule has 0 atom stereocenters. The van der Waals surface area contributed by atoms with Crippen LogP contribution in [0.5, 0.6) is 0 Å². The summed E-state index contributed by atoms with van der Waals surface area (Å²) < 4.78 is 67.6. The highest BCUT2D eigenvalue weighted by Gasteiger charge is 2.35. The zero-order valence-corrected chi connectivity index (χ0v) is 17.2. The van der Waals surface area contributed by atoms with Crippen molar-refractivity contribution >= 4 is 36.2 Å². The molecule has 7 nitrogen and oxygen atoms in total. The maximum atomic E-state index is 13.2. The molecule has 0 amide bonds. The quantitative estimate of drug-likeness (QED) is 0.647. The van der Waals surface area contributed by atoms with Crippen molar-refractivity contribution in [1.29, 1.82) is 0 Å². The van der Waals surface area contributed by atoms with Crippen LogP contribution in [-0.4, -0.2) is 69.0 Å². The number of sulfonamides is 1. The molecule has 0 spiro atoms. The highest BCUT2D eigenvalue weighted by Crippen LogP contribution is 2.27. The molecule has 1 aliphatic heterocycles. The van der Waals surface area contributed by atoms with Gasteiger partial charge in [0, 0.05) is 43.7 Å². The summed E-state index contributed by atoms with van der Waals surface area (Å²) in [7, 11) is -7.41. The molecule has 1 aliphatic rings. The van der Waals surface area contributed by atoms with Crippen LogP contribution in [0, 0.1) is 5.82 Å². The Hall–Kier alpha value is -0.590. The van der Waals surface area contributed by atoms with E-state index in [1.807, 2.05) is 0 Å². The smallest absolute Gasteiger partial charge is 0.207 e. The maximum Gasteiger partial charge on any atom is 0.282 e. The number of benzene rings is 1. The molecule has 142 valence electrons. The van der Waals surface area contributed by atoms with Gasteiger partial charge in [-0.3, -0.25) is 0 Å². The van der Waals surface area contributed by atoms with Crippen LogP contribution in [-0.2, 0) is 20.2 Å². The van der Waals surface area contributed by atoms with Crippen molar-refractivity contribution in [3.05, 3.63) is 28.5 Å². The van der Waals surface area contributed by atoms with E-state index >= 15 is 0 Å². The van der Waals surface area contributed by atoms with Crippen LogP contribution in [0.15, 0.2) is 27.6 Å². The fourth-order valence-corrected chi connectivity index (χ4v) is 6.71. The lowest BCUT2D eigenvalue weighted by Gasteiger charge is -2.35. The third-order valence-electron chi connectivity index (χ3n) is 4.07. The molecule has 2 rings (SSSR count). The minimum atomic E-state index is -3.83. The van der Waals surface area contributed by atoms with Crippen LogP contribution in [0.1, 0.15) is 13.8 Å². The first-order valence-corrected chi connectivity index (χ1v) is 11.5. The van der Waals surface area contributed by atoms with Crippen LogP contribution in [0.25, 0.3) is 0 Å². The Kier molecular flexibility index (Phi) is 6.60. The van der Waals surface area contributed by atoms with Crippen molar-refractivity contribution in [3.63, 3.8) is 0 Å². The molecule has 0 N–H and O–H groups in total. The Morgan fingerprint density at radius 3 is 2.04 bits per heavy atom. The number of halogens is 2. The summed E-state index contributed by atoms with van der Waals surface area (Å²) in [5, 5.41) is 0. The second-order valence-electron chi connectivity index (χ2n) is 5.47. The minimum Gasteiger partial charge on any atom is -0.207 e. The molecule has 0 bridgehead atoms. The van der Waals surface area contributed by atoms with E-state index in [1.165, 1.54) is 19.0 Å². The van der Waals surface area contributed by atoms with Crippen LogP contribution < -0.4 is 0 Å². The monoisotopic (exact) mass is 457 g/mol. The van der Waals surface area contributed by atoms with E-state index in [1.54, 1.807) is 13.8 Å². The molecule has 0 unspecified atom stereocenters. The van der Waals surface area contributed by atoms with Crippen LogP contribution in [0.2, 0.25) is 0 Å². The zero-order chi connectivity index (χ0) is 18.8. The summed E-state index contributed by atoms with van der Waals surface area (Å²) in [6, 6.07) is 3.38. The van der Waals surface area contributed by atoms with E-state index < -0.39 is 26.0 Å². The largest absolute Gasteiger partial charge is 0.282 e. The number of rotatable bonds is 6. The van der Waals surface area contributed by atoms with Gasteiger partial charge in [-0.15, -0.1) is 0 Å². The second kappa shape index (κ2) is 7.97. The maximum absolute atomic E-state index is 13.2. The Labute approximate surface area is 156 Å². The van der Waals surface area contributed by atoms with Gasteiger partial charge in [-0.05, 0) is 34.1 Å². The van der Waals surface area contributed by atoms with Gasteiger partial charge in [-0.25, -0.2) is 12.8 Å². The van der Waals surface area contributed by atoms with Gasteiger partial charge in [0.1, 0.15) is 5.82 Å². The minimum absolute atomic E-state index is 0.0334. The Morgan fingerprint density at radius 1 is 1.04 bits per heavy atom. The van der Waals surface area contributed by atoms with Crippen LogP contribution in [0.3, 0.4) is 0 Å². The number of hydrogen-bond acceptors (Lipinski definition) is 4. The number of nitrogens with zero attached hydrogens (tertiary/aromatic N) is 3. The zero-order valence-electron chi connectivity index (χ0n) is 14.0. The second-order valence-corrected chi connectivity index (χ2v) is 10.2. The Balaban J connectivity index is 2.16. The van der Waals surface area contributed by atoms with E-state index in [0.29, 0.717) is 13.1 Å². The molecule has 1 saturated heterocycles.